The van der Waals surface area contributed by atoms with Crippen molar-refractivity contribution in [3.05, 3.63) is 11.3 Å². The summed E-state index contributed by atoms with van der Waals surface area (Å²) in [6.45, 7) is 5.77. The molecular formula is C10H16N4S. The number of nitriles is 1. The SMILES string of the molecule is C/C(=C(/C#N)C(N)=S)N1CCN(C)CC1. The molecule has 1 saturated heterocycles. The van der Waals surface area contributed by atoms with Gasteiger partial charge in [0.15, 0.2) is 0 Å². The van der Waals surface area contributed by atoms with E-state index in [0.29, 0.717) is 5.57 Å². The molecule has 0 spiro atoms. The standard InChI is InChI=1S/C10H16N4S/c1-8(9(7-11)10(12)15)14-5-3-13(2)4-6-14/h3-6H2,1-2H3,(H2,12,15)/b9-8+. The molecule has 1 fully saturated rings. The van der Waals surface area contributed by atoms with Crippen LogP contribution in [0.2, 0.25) is 0 Å². The summed E-state index contributed by atoms with van der Waals surface area (Å²) in [4.78, 5) is 4.61. The average molecular weight is 224 g/mol. The van der Waals surface area contributed by atoms with Crippen LogP contribution in [0.4, 0.5) is 0 Å². The van der Waals surface area contributed by atoms with Crippen LogP contribution in [0.15, 0.2) is 11.3 Å². The maximum absolute atomic E-state index is 8.94. The first-order valence-corrected chi connectivity index (χ1v) is 5.31. The largest absolute Gasteiger partial charge is 0.389 e. The number of nitrogens with zero attached hydrogens (tertiary/aromatic N) is 3. The highest BCUT2D eigenvalue weighted by atomic mass is 32.1. The van der Waals surface area contributed by atoms with E-state index < -0.39 is 0 Å². The van der Waals surface area contributed by atoms with Crippen LogP contribution in [0.5, 0.6) is 0 Å². The molecule has 0 bridgehead atoms. The minimum atomic E-state index is 0.189. The molecule has 15 heavy (non-hydrogen) atoms. The van der Waals surface area contributed by atoms with Crippen LogP contribution >= 0.6 is 12.2 Å². The number of allylic oxidation sites excluding steroid dienone is 1. The number of piperazine rings is 1. The van der Waals surface area contributed by atoms with Gasteiger partial charge >= 0.3 is 0 Å². The Bertz CT molecular complexity index is 321. The van der Waals surface area contributed by atoms with Crippen molar-refractivity contribution >= 4 is 17.2 Å². The third-order valence-electron chi connectivity index (χ3n) is 2.70. The topological polar surface area (TPSA) is 56.3 Å². The van der Waals surface area contributed by atoms with Crippen molar-refractivity contribution < 1.29 is 0 Å². The van der Waals surface area contributed by atoms with Crippen LogP contribution in [-0.4, -0.2) is 48.0 Å². The molecule has 0 radical (unpaired) electrons. The zero-order chi connectivity index (χ0) is 11.4. The van der Waals surface area contributed by atoms with Gasteiger partial charge in [-0.2, -0.15) is 5.26 Å². The summed E-state index contributed by atoms with van der Waals surface area (Å²) in [5, 5.41) is 8.94. The molecular weight excluding hydrogens is 208 g/mol. The van der Waals surface area contributed by atoms with Gasteiger partial charge in [-0.3, -0.25) is 0 Å². The van der Waals surface area contributed by atoms with Crippen LogP contribution in [0.3, 0.4) is 0 Å². The minimum absolute atomic E-state index is 0.189. The third kappa shape index (κ3) is 2.91. The molecule has 0 aromatic heterocycles. The fraction of sp³-hybridized carbons (Fsp3) is 0.600. The van der Waals surface area contributed by atoms with Gasteiger partial charge < -0.3 is 15.5 Å². The van der Waals surface area contributed by atoms with E-state index in [9.17, 15) is 0 Å². The Morgan fingerprint density at radius 3 is 2.27 bits per heavy atom. The van der Waals surface area contributed by atoms with Gasteiger partial charge in [0, 0.05) is 31.9 Å². The van der Waals surface area contributed by atoms with Crippen molar-refractivity contribution in [1.29, 1.82) is 5.26 Å². The zero-order valence-electron chi connectivity index (χ0n) is 9.16. The molecule has 1 heterocycles. The number of rotatable bonds is 2. The lowest BCUT2D eigenvalue weighted by Crippen LogP contribution is -2.44. The number of hydrogen-bond acceptors (Lipinski definition) is 4. The monoisotopic (exact) mass is 224 g/mol. The molecule has 4 nitrogen and oxygen atoms in total. The van der Waals surface area contributed by atoms with Gasteiger partial charge in [-0.15, -0.1) is 0 Å². The molecule has 0 aromatic rings. The molecule has 0 atom stereocenters. The molecule has 1 rings (SSSR count). The Morgan fingerprint density at radius 1 is 1.33 bits per heavy atom. The van der Waals surface area contributed by atoms with Crippen molar-refractivity contribution in [1.82, 2.24) is 9.80 Å². The molecule has 0 unspecified atom stereocenters. The molecule has 0 saturated carbocycles. The Balaban J connectivity index is 2.79. The molecule has 5 heteroatoms. The number of hydrogen-bond donors (Lipinski definition) is 1. The van der Waals surface area contributed by atoms with Crippen molar-refractivity contribution in [2.24, 2.45) is 5.73 Å². The predicted molar refractivity (Wildman–Crippen MR) is 64.2 cm³/mol. The fourth-order valence-corrected chi connectivity index (χ4v) is 1.81. The maximum Gasteiger partial charge on any atom is 0.116 e. The summed E-state index contributed by atoms with van der Waals surface area (Å²) in [5.74, 6) is 0. The second kappa shape index (κ2) is 5.10. The predicted octanol–water partition coefficient (Wildman–Crippen LogP) is 0.317. The number of likely N-dealkylation sites (N-methyl/N-ethyl adjacent to an activating group) is 1. The first kappa shape index (κ1) is 12.0. The van der Waals surface area contributed by atoms with Gasteiger partial charge in [0.05, 0.1) is 0 Å². The highest BCUT2D eigenvalue weighted by Gasteiger charge is 2.17. The van der Waals surface area contributed by atoms with E-state index in [4.69, 9.17) is 23.2 Å². The normalized spacial score (nSPS) is 19.4. The quantitative estimate of drug-likeness (QED) is 0.416. The van der Waals surface area contributed by atoms with Gasteiger partial charge in [-0.25, -0.2) is 0 Å². The second-order valence-electron chi connectivity index (χ2n) is 3.73. The molecule has 0 amide bonds. The summed E-state index contributed by atoms with van der Waals surface area (Å²) in [7, 11) is 2.09. The van der Waals surface area contributed by atoms with E-state index in [1.807, 2.05) is 6.92 Å². The van der Waals surface area contributed by atoms with Gasteiger partial charge in [-0.05, 0) is 14.0 Å². The van der Waals surface area contributed by atoms with Crippen molar-refractivity contribution in [3.63, 3.8) is 0 Å². The number of nitrogens with two attached hydrogens (primary N) is 1. The molecule has 82 valence electrons. The fourth-order valence-electron chi connectivity index (χ4n) is 1.61. The van der Waals surface area contributed by atoms with Crippen molar-refractivity contribution in [2.75, 3.05) is 33.2 Å². The highest BCUT2D eigenvalue weighted by Crippen LogP contribution is 2.12. The Kier molecular flexibility index (Phi) is 4.06. The van der Waals surface area contributed by atoms with Crippen molar-refractivity contribution in [3.8, 4) is 6.07 Å². The Morgan fingerprint density at radius 2 is 1.87 bits per heavy atom. The first-order valence-electron chi connectivity index (χ1n) is 4.90. The zero-order valence-corrected chi connectivity index (χ0v) is 9.97. The Hall–Kier alpha value is -1.12. The van der Waals surface area contributed by atoms with Crippen LogP contribution in [0, 0.1) is 11.3 Å². The lowest BCUT2D eigenvalue weighted by molar-refractivity contribution is 0.186. The van der Waals surface area contributed by atoms with E-state index in [2.05, 4.69) is 22.9 Å². The van der Waals surface area contributed by atoms with Crippen LogP contribution in [0.25, 0.3) is 0 Å². The summed E-state index contributed by atoms with van der Waals surface area (Å²) in [6, 6.07) is 2.07. The summed E-state index contributed by atoms with van der Waals surface area (Å²) >= 11 is 4.85. The Labute approximate surface area is 95.9 Å². The average Bonchev–Trinajstić information content (AvgIpc) is 2.19. The first-order chi connectivity index (χ1) is 7.06. The van der Waals surface area contributed by atoms with Gasteiger partial charge in [0.2, 0.25) is 0 Å². The van der Waals surface area contributed by atoms with E-state index in [-0.39, 0.29) is 4.99 Å². The molecule has 1 aliphatic rings. The summed E-state index contributed by atoms with van der Waals surface area (Å²) < 4.78 is 0. The molecule has 0 aliphatic carbocycles. The van der Waals surface area contributed by atoms with Gasteiger partial charge in [-0.1, -0.05) is 12.2 Å². The highest BCUT2D eigenvalue weighted by molar-refractivity contribution is 7.80. The van der Waals surface area contributed by atoms with Crippen LogP contribution in [0.1, 0.15) is 6.92 Å². The molecule has 2 N–H and O–H groups in total. The van der Waals surface area contributed by atoms with Gasteiger partial charge in [0.1, 0.15) is 16.6 Å². The lowest BCUT2D eigenvalue weighted by atomic mass is 10.2. The number of thiocarbonyl (C=S) groups is 1. The summed E-state index contributed by atoms with van der Waals surface area (Å²) in [5.41, 5.74) is 6.84. The summed E-state index contributed by atoms with van der Waals surface area (Å²) in [6.07, 6.45) is 0. The van der Waals surface area contributed by atoms with E-state index in [1.165, 1.54) is 0 Å². The maximum atomic E-state index is 8.94. The van der Waals surface area contributed by atoms with Crippen LogP contribution in [-0.2, 0) is 0 Å². The third-order valence-corrected chi connectivity index (χ3v) is 2.90. The van der Waals surface area contributed by atoms with E-state index >= 15 is 0 Å². The second-order valence-corrected chi connectivity index (χ2v) is 4.17. The minimum Gasteiger partial charge on any atom is -0.389 e. The molecule has 0 aromatic carbocycles. The van der Waals surface area contributed by atoms with E-state index in [1.54, 1.807) is 0 Å². The van der Waals surface area contributed by atoms with Gasteiger partial charge in [0.25, 0.3) is 0 Å². The molecule has 1 aliphatic heterocycles. The van der Waals surface area contributed by atoms with Crippen LogP contribution < -0.4 is 5.73 Å². The van der Waals surface area contributed by atoms with E-state index in [0.717, 1.165) is 31.9 Å². The smallest absolute Gasteiger partial charge is 0.116 e. The lowest BCUT2D eigenvalue weighted by Gasteiger charge is -2.34. The van der Waals surface area contributed by atoms with Crippen molar-refractivity contribution in [2.45, 2.75) is 6.92 Å².